The van der Waals surface area contributed by atoms with Crippen LogP contribution in [0.3, 0.4) is 0 Å². The lowest BCUT2D eigenvalue weighted by molar-refractivity contribution is -0.242. The fourth-order valence-electron chi connectivity index (χ4n) is 2.39. The van der Waals surface area contributed by atoms with Crippen LogP contribution in [0.1, 0.15) is 0 Å². The Morgan fingerprint density at radius 3 is 2.04 bits per heavy atom. The minimum Gasteiger partial charge on any atom is -0.462 e. The Morgan fingerprint density at radius 1 is 0.870 bits per heavy atom. The second-order valence-corrected chi connectivity index (χ2v) is 5.84. The molecular weight excluding hydrogens is 320 g/mol. The number of rotatable bonds is 3. The molecule has 1 heterocycles. The smallest absolute Gasteiger partial charge is 0.228 e. The first-order chi connectivity index (χ1) is 11.0. The Kier molecular flexibility index (Phi) is 4.84. The van der Waals surface area contributed by atoms with Gasteiger partial charge in [0.25, 0.3) is 0 Å². The molecule has 1 saturated heterocycles. The van der Waals surface area contributed by atoms with E-state index in [9.17, 15) is 15.3 Å². The Balaban J connectivity index is 1.69. The predicted molar refractivity (Wildman–Crippen MR) is 85.3 cm³/mol. The van der Waals surface area contributed by atoms with Crippen LogP contribution in [-0.2, 0) is 4.74 Å². The Hall–Kier alpha value is -1.63. The third-order valence-electron chi connectivity index (χ3n) is 3.74. The van der Waals surface area contributed by atoms with E-state index in [-0.39, 0.29) is 6.61 Å². The van der Waals surface area contributed by atoms with Crippen molar-refractivity contribution in [2.45, 2.75) is 24.6 Å². The van der Waals surface area contributed by atoms with E-state index in [1.54, 1.807) is 12.1 Å². The summed E-state index contributed by atoms with van der Waals surface area (Å²) in [6.07, 6.45) is -4.73. The van der Waals surface area contributed by atoms with E-state index in [0.29, 0.717) is 10.8 Å². The summed E-state index contributed by atoms with van der Waals surface area (Å²) in [5, 5.41) is 29.6. The van der Waals surface area contributed by atoms with Gasteiger partial charge in [0.15, 0.2) is 0 Å². The highest BCUT2D eigenvalue weighted by Crippen LogP contribution is 2.26. The van der Waals surface area contributed by atoms with E-state index in [2.05, 4.69) is 0 Å². The molecule has 0 radical (unpaired) electrons. The molecule has 5 nitrogen and oxygen atoms in total. The molecular formula is C17H17ClO5. The van der Waals surface area contributed by atoms with E-state index in [1.807, 2.05) is 36.4 Å². The van der Waals surface area contributed by atoms with Crippen LogP contribution in [-0.4, -0.2) is 46.5 Å². The van der Waals surface area contributed by atoms with Crippen molar-refractivity contribution in [3.05, 3.63) is 53.6 Å². The summed E-state index contributed by atoms with van der Waals surface area (Å²) in [6.45, 7) is -0.0915. The van der Waals surface area contributed by atoms with Crippen molar-refractivity contribution in [1.82, 2.24) is 0 Å². The van der Waals surface area contributed by atoms with Crippen molar-refractivity contribution in [3.63, 3.8) is 0 Å². The molecule has 2 aromatic rings. The number of ether oxygens (including phenoxy) is 2. The molecule has 6 heteroatoms. The number of aliphatic hydroxyl groups is 3. The molecule has 3 rings (SSSR count). The maximum Gasteiger partial charge on any atom is 0.228 e. The van der Waals surface area contributed by atoms with Crippen LogP contribution < -0.4 is 4.74 Å². The summed E-state index contributed by atoms with van der Waals surface area (Å²) < 4.78 is 10.7. The monoisotopic (exact) mass is 336 g/mol. The lowest BCUT2D eigenvalue weighted by Crippen LogP contribution is -2.54. The van der Waals surface area contributed by atoms with Gasteiger partial charge in [-0.2, -0.15) is 0 Å². The van der Waals surface area contributed by atoms with Gasteiger partial charge in [-0.3, -0.25) is 0 Å². The second kappa shape index (κ2) is 6.86. The summed E-state index contributed by atoms with van der Waals surface area (Å²) in [7, 11) is 0. The second-order valence-electron chi connectivity index (χ2n) is 5.40. The molecule has 0 saturated carbocycles. The average Bonchev–Trinajstić information content (AvgIpc) is 2.57. The summed E-state index contributed by atoms with van der Waals surface area (Å²) >= 11 is 5.87. The molecule has 1 fully saturated rings. The van der Waals surface area contributed by atoms with Crippen molar-refractivity contribution in [2.75, 3.05) is 6.61 Å². The fourth-order valence-corrected chi connectivity index (χ4v) is 2.51. The predicted octanol–water partition coefficient (Wildman–Crippen LogP) is 1.82. The number of aliphatic hydroxyl groups excluding tert-OH is 3. The molecule has 1 aliphatic heterocycles. The lowest BCUT2D eigenvalue weighted by Gasteiger charge is -2.34. The molecule has 0 bridgehead atoms. The highest BCUT2D eigenvalue weighted by molar-refractivity contribution is 6.30. The molecule has 0 unspecified atom stereocenters. The molecule has 2 aromatic carbocycles. The van der Waals surface area contributed by atoms with Crippen LogP contribution in [0.4, 0.5) is 0 Å². The molecule has 4 atom stereocenters. The van der Waals surface area contributed by atoms with Crippen LogP contribution >= 0.6 is 11.6 Å². The van der Waals surface area contributed by atoms with E-state index < -0.39 is 24.6 Å². The molecule has 23 heavy (non-hydrogen) atoms. The first kappa shape index (κ1) is 16.2. The van der Waals surface area contributed by atoms with Crippen molar-refractivity contribution in [3.8, 4) is 16.9 Å². The van der Waals surface area contributed by atoms with Crippen molar-refractivity contribution >= 4 is 11.6 Å². The van der Waals surface area contributed by atoms with E-state index in [4.69, 9.17) is 21.1 Å². The van der Waals surface area contributed by atoms with Crippen LogP contribution in [0.25, 0.3) is 11.1 Å². The van der Waals surface area contributed by atoms with Gasteiger partial charge >= 0.3 is 0 Å². The minimum atomic E-state index is -1.31. The van der Waals surface area contributed by atoms with Crippen molar-refractivity contribution in [1.29, 1.82) is 0 Å². The third-order valence-corrected chi connectivity index (χ3v) is 3.99. The normalized spacial score (nSPS) is 27.7. The molecule has 122 valence electrons. The van der Waals surface area contributed by atoms with Gasteiger partial charge < -0.3 is 24.8 Å². The van der Waals surface area contributed by atoms with Crippen LogP contribution in [0, 0.1) is 0 Å². The SMILES string of the molecule is O[C@@H]1[C@@H](O)[C@@H](Oc2ccc(-c3ccc(Cl)cc3)cc2)OC[C@@H]1O. The van der Waals surface area contributed by atoms with E-state index >= 15 is 0 Å². The number of halogens is 1. The van der Waals surface area contributed by atoms with E-state index in [1.165, 1.54) is 0 Å². The third kappa shape index (κ3) is 3.65. The Labute approximate surface area is 138 Å². The summed E-state index contributed by atoms with van der Waals surface area (Å²) in [4.78, 5) is 0. The maximum atomic E-state index is 9.86. The zero-order valence-corrected chi connectivity index (χ0v) is 12.9. The molecule has 0 aromatic heterocycles. The Bertz CT molecular complexity index is 643. The summed E-state index contributed by atoms with van der Waals surface area (Å²) in [5.74, 6) is 0.496. The van der Waals surface area contributed by atoms with Gasteiger partial charge in [0, 0.05) is 5.02 Å². The van der Waals surface area contributed by atoms with Crippen molar-refractivity contribution < 1.29 is 24.8 Å². The van der Waals surface area contributed by atoms with Gasteiger partial charge in [-0.15, -0.1) is 0 Å². The van der Waals surface area contributed by atoms with Crippen LogP contribution in [0.2, 0.25) is 5.02 Å². The van der Waals surface area contributed by atoms with Gasteiger partial charge in [0.1, 0.15) is 24.1 Å². The quantitative estimate of drug-likeness (QED) is 0.797. The first-order valence-electron chi connectivity index (χ1n) is 7.23. The topological polar surface area (TPSA) is 79.2 Å². The summed E-state index contributed by atoms with van der Waals surface area (Å²) in [6, 6.07) is 14.7. The molecule has 0 amide bonds. The maximum absolute atomic E-state index is 9.86. The molecule has 0 spiro atoms. The highest BCUT2D eigenvalue weighted by Gasteiger charge is 2.38. The van der Waals surface area contributed by atoms with Gasteiger partial charge in [-0.05, 0) is 35.4 Å². The zero-order chi connectivity index (χ0) is 16.4. The van der Waals surface area contributed by atoms with Gasteiger partial charge in [-0.1, -0.05) is 35.9 Å². The van der Waals surface area contributed by atoms with Gasteiger partial charge in [0.05, 0.1) is 6.61 Å². The Morgan fingerprint density at radius 2 is 1.43 bits per heavy atom. The van der Waals surface area contributed by atoms with Crippen LogP contribution in [0.5, 0.6) is 5.75 Å². The van der Waals surface area contributed by atoms with Gasteiger partial charge in [-0.25, -0.2) is 0 Å². The number of hydrogen-bond donors (Lipinski definition) is 3. The molecule has 0 aliphatic carbocycles. The largest absolute Gasteiger partial charge is 0.462 e. The minimum absolute atomic E-state index is 0.0915. The zero-order valence-electron chi connectivity index (χ0n) is 12.2. The first-order valence-corrected chi connectivity index (χ1v) is 7.61. The highest BCUT2D eigenvalue weighted by atomic mass is 35.5. The summed E-state index contributed by atoms with van der Waals surface area (Å²) in [5.41, 5.74) is 2.02. The molecule has 1 aliphatic rings. The number of hydrogen-bond acceptors (Lipinski definition) is 5. The van der Waals surface area contributed by atoms with Crippen LogP contribution in [0.15, 0.2) is 48.5 Å². The van der Waals surface area contributed by atoms with Crippen molar-refractivity contribution in [2.24, 2.45) is 0 Å². The number of benzene rings is 2. The molecule has 3 N–H and O–H groups in total. The van der Waals surface area contributed by atoms with E-state index in [0.717, 1.165) is 11.1 Å². The average molecular weight is 337 g/mol. The fraction of sp³-hybridized carbons (Fsp3) is 0.294. The van der Waals surface area contributed by atoms with Gasteiger partial charge in [0.2, 0.25) is 6.29 Å². The standard InChI is InChI=1S/C17H17ClO5/c18-12-5-1-10(2-6-12)11-3-7-13(8-4-11)23-17-16(21)15(20)14(19)9-22-17/h1-8,14-17,19-21H,9H2/t14-,15-,16+,17+/m0/s1. The lowest BCUT2D eigenvalue weighted by atomic mass is 10.1.